The number of carbonyl (C=O) groups is 2. The van der Waals surface area contributed by atoms with E-state index in [0.29, 0.717) is 0 Å². The molecule has 0 heterocycles. The topological polar surface area (TPSA) is 93.1 Å². The Bertz CT molecular complexity index is 321. The molecule has 0 aliphatic carbocycles. The molecule has 0 aromatic heterocycles. The number of allylic oxidation sites excluding steroid dienone is 2. The molecule has 0 amide bonds. The van der Waals surface area contributed by atoms with Crippen LogP contribution < -0.4 is 0 Å². The zero-order chi connectivity index (χ0) is 14.0. The first-order valence-corrected chi connectivity index (χ1v) is 5.46. The first kappa shape index (κ1) is 16.3. The fourth-order valence-electron chi connectivity index (χ4n) is 1.02. The third-order valence-corrected chi connectivity index (χ3v) is 1.88. The lowest BCUT2D eigenvalue weighted by molar-refractivity contribution is -0.158. The van der Waals surface area contributed by atoms with Gasteiger partial charge in [-0.15, -0.1) is 0 Å². The minimum atomic E-state index is -1.28. The first-order valence-electron chi connectivity index (χ1n) is 5.46. The Balaban J connectivity index is 4.22. The number of aliphatic hydroxyl groups is 2. The van der Waals surface area contributed by atoms with Crippen LogP contribution in [0, 0.1) is 0 Å². The molecule has 2 unspecified atom stereocenters. The minimum absolute atomic E-state index is 0.364. The Morgan fingerprint density at radius 1 is 1.17 bits per heavy atom. The van der Waals surface area contributed by atoms with E-state index in [9.17, 15) is 14.7 Å². The van der Waals surface area contributed by atoms with E-state index < -0.39 is 30.8 Å². The quantitative estimate of drug-likeness (QED) is 0.491. The molecule has 0 rings (SSSR count). The Morgan fingerprint density at radius 3 is 2.22 bits per heavy atom. The van der Waals surface area contributed by atoms with Crippen LogP contribution in [0.4, 0.5) is 0 Å². The van der Waals surface area contributed by atoms with Crippen molar-refractivity contribution in [3.63, 3.8) is 0 Å². The van der Waals surface area contributed by atoms with Crippen LogP contribution in [0.25, 0.3) is 0 Å². The van der Waals surface area contributed by atoms with Crippen molar-refractivity contribution in [3.8, 4) is 0 Å². The van der Waals surface area contributed by atoms with E-state index in [1.807, 2.05) is 0 Å². The van der Waals surface area contributed by atoms with Crippen LogP contribution in [-0.4, -0.2) is 47.6 Å². The summed E-state index contributed by atoms with van der Waals surface area (Å²) in [4.78, 5) is 22.1. The number of rotatable bonds is 7. The molecule has 0 saturated heterocycles. The van der Waals surface area contributed by atoms with Gasteiger partial charge in [0.2, 0.25) is 0 Å². The van der Waals surface area contributed by atoms with Crippen LogP contribution in [0.1, 0.15) is 13.8 Å². The van der Waals surface area contributed by atoms with Gasteiger partial charge in [-0.2, -0.15) is 0 Å². The van der Waals surface area contributed by atoms with Crippen LogP contribution in [0.2, 0.25) is 0 Å². The molecule has 0 fully saturated rings. The van der Waals surface area contributed by atoms with Gasteiger partial charge < -0.3 is 19.7 Å². The summed E-state index contributed by atoms with van der Waals surface area (Å²) in [5.74, 6) is -1.30. The second-order valence-corrected chi connectivity index (χ2v) is 3.36. The normalized spacial score (nSPS) is 14.7. The van der Waals surface area contributed by atoms with E-state index in [4.69, 9.17) is 9.84 Å². The Labute approximate surface area is 106 Å². The van der Waals surface area contributed by atoms with Crippen LogP contribution >= 0.6 is 0 Å². The van der Waals surface area contributed by atoms with E-state index in [2.05, 4.69) is 4.74 Å². The van der Waals surface area contributed by atoms with E-state index in [0.717, 1.165) is 6.08 Å². The molecule has 2 atom stereocenters. The van der Waals surface area contributed by atoms with Crippen LogP contribution in [0.3, 0.4) is 0 Å². The summed E-state index contributed by atoms with van der Waals surface area (Å²) in [6, 6.07) is 0. The number of hydrogen-bond acceptors (Lipinski definition) is 6. The van der Waals surface area contributed by atoms with Gasteiger partial charge in [0.15, 0.2) is 6.10 Å². The van der Waals surface area contributed by atoms with Crippen molar-refractivity contribution in [2.75, 3.05) is 13.2 Å². The first-order chi connectivity index (χ1) is 8.54. The molecule has 6 heteroatoms. The number of carbonyl (C=O) groups excluding carboxylic acids is 2. The van der Waals surface area contributed by atoms with Gasteiger partial charge in [0.05, 0.1) is 6.61 Å². The average molecular weight is 258 g/mol. The zero-order valence-corrected chi connectivity index (χ0v) is 10.4. The third-order valence-electron chi connectivity index (χ3n) is 1.88. The molecule has 102 valence electrons. The van der Waals surface area contributed by atoms with Crippen molar-refractivity contribution >= 4 is 11.9 Å². The van der Waals surface area contributed by atoms with E-state index >= 15 is 0 Å². The van der Waals surface area contributed by atoms with Gasteiger partial charge in [-0.25, -0.2) is 9.59 Å². The van der Waals surface area contributed by atoms with Gasteiger partial charge >= 0.3 is 11.9 Å². The van der Waals surface area contributed by atoms with Gasteiger partial charge in [0, 0.05) is 12.2 Å². The standard InChI is InChI=1S/C12H18O6/c1-3-5-11(15)17-8-9(14)10(7-13)18-12(16)6-4-2/h3-6,9-10,13-14H,7-8H2,1-2H3/b5-3+,6-4+. The second kappa shape index (κ2) is 9.38. The molecule has 0 saturated carbocycles. The molecular weight excluding hydrogens is 240 g/mol. The minimum Gasteiger partial charge on any atom is -0.460 e. The van der Waals surface area contributed by atoms with E-state index in [1.54, 1.807) is 13.8 Å². The van der Waals surface area contributed by atoms with Crippen molar-refractivity contribution in [3.05, 3.63) is 24.3 Å². The summed E-state index contributed by atoms with van der Waals surface area (Å²) < 4.78 is 9.43. The highest BCUT2D eigenvalue weighted by molar-refractivity contribution is 5.82. The Hall–Kier alpha value is -1.66. The molecule has 0 aromatic rings. The molecule has 0 aromatic carbocycles. The number of hydrogen-bond donors (Lipinski definition) is 2. The molecule has 0 aliphatic rings. The van der Waals surface area contributed by atoms with Gasteiger partial charge in [0.25, 0.3) is 0 Å². The maximum absolute atomic E-state index is 11.1. The van der Waals surface area contributed by atoms with Crippen molar-refractivity contribution in [1.29, 1.82) is 0 Å². The number of ether oxygens (including phenoxy) is 2. The van der Waals surface area contributed by atoms with Gasteiger partial charge in [-0.3, -0.25) is 0 Å². The predicted octanol–water partition coefficient (Wildman–Crippen LogP) is -0.0532. The third kappa shape index (κ3) is 6.82. The summed E-state index contributed by atoms with van der Waals surface area (Å²) >= 11 is 0. The maximum Gasteiger partial charge on any atom is 0.330 e. The van der Waals surface area contributed by atoms with Gasteiger partial charge in [-0.05, 0) is 13.8 Å². The summed E-state index contributed by atoms with van der Waals surface area (Å²) in [5, 5.41) is 18.5. The lowest BCUT2D eigenvalue weighted by atomic mass is 10.2. The van der Waals surface area contributed by atoms with Crippen molar-refractivity contribution in [2.24, 2.45) is 0 Å². The van der Waals surface area contributed by atoms with Crippen molar-refractivity contribution in [2.45, 2.75) is 26.1 Å². The molecule has 0 radical (unpaired) electrons. The highest BCUT2D eigenvalue weighted by Gasteiger charge is 2.23. The molecule has 0 aliphatic heterocycles. The van der Waals surface area contributed by atoms with Crippen molar-refractivity contribution in [1.82, 2.24) is 0 Å². The van der Waals surface area contributed by atoms with Crippen LogP contribution in [0.15, 0.2) is 24.3 Å². The fourth-order valence-corrected chi connectivity index (χ4v) is 1.02. The SMILES string of the molecule is C/C=C/C(=O)OCC(O)C(CO)OC(=O)/C=C/C. The molecule has 18 heavy (non-hydrogen) atoms. The highest BCUT2D eigenvalue weighted by Crippen LogP contribution is 2.02. The summed E-state index contributed by atoms with van der Waals surface area (Å²) in [6.07, 6.45) is 2.89. The molecular formula is C12H18O6. The summed E-state index contributed by atoms with van der Waals surface area (Å²) in [6.45, 7) is 2.35. The molecule has 0 bridgehead atoms. The number of esters is 2. The van der Waals surface area contributed by atoms with Gasteiger partial charge in [-0.1, -0.05) is 12.2 Å². The predicted molar refractivity (Wildman–Crippen MR) is 63.6 cm³/mol. The monoisotopic (exact) mass is 258 g/mol. The smallest absolute Gasteiger partial charge is 0.330 e. The largest absolute Gasteiger partial charge is 0.460 e. The fraction of sp³-hybridized carbons (Fsp3) is 0.500. The second-order valence-electron chi connectivity index (χ2n) is 3.36. The Morgan fingerprint density at radius 2 is 1.72 bits per heavy atom. The number of aliphatic hydroxyl groups excluding tert-OH is 2. The highest BCUT2D eigenvalue weighted by atomic mass is 16.6. The van der Waals surface area contributed by atoms with Crippen LogP contribution in [0.5, 0.6) is 0 Å². The Kier molecular flexibility index (Phi) is 8.51. The van der Waals surface area contributed by atoms with Crippen molar-refractivity contribution < 1.29 is 29.3 Å². The van der Waals surface area contributed by atoms with Crippen LogP contribution in [-0.2, 0) is 19.1 Å². The molecule has 0 spiro atoms. The van der Waals surface area contributed by atoms with E-state index in [-0.39, 0.29) is 6.61 Å². The van der Waals surface area contributed by atoms with Gasteiger partial charge in [0.1, 0.15) is 12.7 Å². The lowest BCUT2D eigenvalue weighted by Gasteiger charge is -2.20. The molecule has 6 nitrogen and oxygen atoms in total. The molecule has 2 N–H and O–H groups in total. The van der Waals surface area contributed by atoms with E-state index in [1.165, 1.54) is 18.2 Å². The lowest BCUT2D eigenvalue weighted by Crippen LogP contribution is -2.37. The summed E-state index contributed by atoms with van der Waals surface area (Å²) in [5.41, 5.74) is 0. The average Bonchev–Trinajstić information content (AvgIpc) is 2.33. The maximum atomic E-state index is 11.1. The summed E-state index contributed by atoms with van der Waals surface area (Å²) in [7, 11) is 0. The zero-order valence-electron chi connectivity index (χ0n) is 10.4.